The molecule has 0 spiro atoms. The topological polar surface area (TPSA) is 38.3 Å². The molecule has 1 aliphatic rings. The van der Waals surface area contributed by atoms with Gasteiger partial charge in [-0.3, -0.25) is 4.79 Å². The fourth-order valence-electron chi connectivity index (χ4n) is 2.05. The van der Waals surface area contributed by atoms with Crippen LogP contribution < -0.4 is 10.1 Å². The molecular weight excluding hydrogens is 209 g/mol. The Morgan fingerprint density at radius 1 is 1.50 bits per heavy atom. The molecule has 3 nitrogen and oxygen atoms in total. The highest BCUT2D eigenvalue weighted by Crippen LogP contribution is 2.32. The Morgan fingerprint density at radius 2 is 2.31 bits per heavy atom. The molecule has 1 fully saturated rings. The summed E-state index contributed by atoms with van der Waals surface area (Å²) >= 11 is 0. The van der Waals surface area contributed by atoms with Gasteiger partial charge in [-0.25, -0.2) is 4.39 Å². The zero-order valence-corrected chi connectivity index (χ0v) is 9.13. The Kier molecular flexibility index (Phi) is 3.08. The lowest BCUT2D eigenvalue weighted by Gasteiger charge is -2.23. The summed E-state index contributed by atoms with van der Waals surface area (Å²) in [5, 5.41) is 2.78. The van der Waals surface area contributed by atoms with E-state index in [1.165, 1.54) is 19.2 Å². The van der Waals surface area contributed by atoms with Crippen molar-refractivity contribution >= 4 is 5.91 Å². The number of halogens is 1. The second kappa shape index (κ2) is 4.51. The van der Waals surface area contributed by atoms with Crippen molar-refractivity contribution < 1.29 is 13.9 Å². The zero-order chi connectivity index (χ0) is 11.5. The zero-order valence-electron chi connectivity index (χ0n) is 9.13. The molecule has 1 aliphatic heterocycles. The van der Waals surface area contributed by atoms with E-state index in [1.807, 2.05) is 0 Å². The molecule has 1 atom stereocenters. The maximum atomic E-state index is 13.2. The molecule has 1 aromatic rings. The van der Waals surface area contributed by atoms with Crippen molar-refractivity contribution in [3.05, 3.63) is 29.6 Å². The minimum atomic E-state index is -0.339. The van der Waals surface area contributed by atoms with E-state index in [9.17, 15) is 9.18 Å². The number of piperidine rings is 1. The normalized spacial score (nSPS) is 20.4. The van der Waals surface area contributed by atoms with E-state index in [-0.39, 0.29) is 17.6 Å². The second-order valence-corrected chi connectivity index (χ2v) is 3.87. The molecule has 2 rings (SSSR count). The highest BCUT2D eigenvalue weighted by Gasteiger charge is 2.26. The molecule has 1 amide bonds. The van der Waals surface area contributed by atoms with Crippen LogP contribution in [-0.2, 0) is 4.79 Å². The van der Waals surface area contributed by atoms with Gasteiger partial charge in [-0.15, -0.1) is 0 Å². The smallest absolute Gasteiger partial charge is 0.227 e. The molecule has 4 heteroatoms. The molecule has 1 heterocycles. The minimum absolute atomic E-state index is 0.0462. The summed E-state index contributed by atoms with van der Waals surface area (Å²) < 4.78 is 18.3. The van der Waals surface area contributed by atoms with E-state index in [0.29, 0.717) is 17.9 Å². The standard InChI is InChI=1S/C12H14FNO2/c1-16-11-5-4-8(13)7-10(11)9-3-2-6-14-12(9)15/h4-5,7,9H,2-3,6H2,1H3,(H,14,15). The van der Waals surface area contributed by atoms with Gasteiger partial charge in [0.05, 0.1) is 13.0 Å². The number of hydrogen-bond acceptors (Lipinski definition) is 2. The van der Waals surface area contributed by atoms with Crippen LogP contribution in [0.3, 0.4) is 0 Å². The average Bonchev–Trinajstić information content (AvgIpc) is 2.29. The number of benzene rings is 1. The first kappa shape index (κ1) is 10.9. The average molecular weight is 223 g/mol. The molecule has 1 saturated heterocycles. The molecular formula is C12H14FNO2. The largest absolute Gasteiger partial charge is 0.496 e. The number of rotatable bonds is 2. The summed E-state index contributed by atoms with van der Waals surface area (Å²) in [6, 6.07) is 4.28. The van der Waals surface area contributed by atoms with Crippen LogP contribution in [-0.4, -0.2) is 19.6 Å². The van der Waals surface area contributed by atoms with Crippen molar-refractivity contribution in [2.45, 2.75) is 18.8 Å². The Balaban J connectivity index is 2.36. The summed E-state index contributed by atoms with van der Waals surface area (Å²) in [5.74, 6) is -0.104. The number of methoxy groups -OCH3 is 1. The summed E-state index contributed by atoms with van der Waals surface area (Å²) in [6.45, 7) is 0.701. The van der Waals surface area contributed by atoms with Gasteiger partial charge in [-0.2, -0.15) is 0 Å². The van der Waals surface area contributed by atoms with Crippen LogP contribution in [0.5, 0.6) is 5.75 Å². The van der Waals surface area contributed by atoms with Gasteiger partial charge in [0.25, 0.3) is 0 Å². The molecule has 0 bridgehead atoms. The lowest BCUT2D eigenvalue weighted by molar-refractivity contribution is -0.123. The van der Waals surface area contributed by atoms with E-state index >= 15 is 0 Å². The van der Waals surface area contributed by atoms with Crippen molar-refractivity contribution in [2.75, 3.05) is 13.7 Å². The van der Waals surface area contributed by atoms with Crippen molar-refractivity contribution in [3.63, 3.8) is 0 Å². The van der Waals surface area contributed by atoms with Crippen molar-refractivity contribution in [1.29, 1.82) is 0 Å². The van der Waals surface area contributed by atoms with Gasteiger partial charge in [0.1, 0.15) is 11.6 Å². The molecule has 0 aliphatic carbocycles. The van der Waals surface area contributed by atoms with E-state index in [2.05, 4.69) is 5.32 Å². The molecule has 0 radical (unpaired) electrons. The Hall–Kier alpha value is -1.58. The first-order valence-corrected chi connectivity index (χ1v) is 5.33. The van der Waals surface area contributed by atoms with Crippen LogP contribution in [0.1, 0.15) is 24.3 Å². The van der Waals surface area contributed by atoms with Crippen molar-refractivity contribution in [1.82, 2.24) is 5.32 Å². The number of amides is 1. The summed E-state index contributed by atoms with van der Waals surface area (Å²) in [5.41, 5.74) is 0.639. The maximum Gasteiger partial charge on any atom is 0.227 e. The molecule has 0 aromatic heterocycles. The second-order valence-electron chi connectivity index (χ2n) is 3.87. The van der Waals surface area contributed by atoms with E-state index < -0.39 is 0 Å². The molecule has 16 heavy (non-hydrogen) atoms. The fraction of sp³-hybridized carbons (Fsp3) is 0.417. The number of hydrogen-bond donors (Lipinski definition) is 1. The molecule has 0 saturated carbocycles. The SMILES string of the molecule is COc1ccc(F)cc1C1CCCNC1=O. The summed E-state index contributed by atoms with van der Waals surface area (Å²) in [4.78, 5) is 11.7. The van der Waals surface area contributed by atoms with Gasteiger partial charge in [0.2, 0.25) is 5.91 Å². The first-order chi connectivity index (χ1) is 7.72. The van der Waals surface area contributed by atoms with E-state index in [1.54, 1.807) is 6.07 Å². The van der Waals surface area contributed by atoms with Crippen LogP contribution in [0.4, 0.5) is 4.39 Å². The van der Waals surface area contributed by atoms with Crippen LogP contribution in [0, 0.1) is 5.82 Å². The van der Waals surface area contributed by atoms with Gasteiger partial charge in [0.15, 0.2) is 0 Å². The third-order valence-corrected chi connectivity index (χ3v) is 2.85. The Labute approximate surface area is 93.6 Å². The highest BCUT2D eigenvalue weighted by molar-refractivity contribution is 5.85. The summed E-state index contributed by atoms with van der Waals surface area (Å²) in [7, 11) is 1.53. The van der Waals surface area contributed by atoms with Crippen LogP contribution in [0.2, 0.25) is 0 Å². The van der Waals surface area contributed by atoms with Crippen molar-refractivity contribution in [3.8, 4) is 5.75 Å². The lowest BCUT2D eigenvalue weighted by atomic mass is 9.90. The third-order valence-electron chi connectivity index (χ3n) is 2.85. The number of carbonyl (C=O) groups excluding carboxylic acids is 1. The van der Waals surface area contributed by atoms with Crippen LogP contribution >= 0.6 is 0 Å². The predicted molar refractivity (Wildman–Crippen MR) is 57.9 cm³/mol. The molecule has 1 aromatic carbocycles. The number of nitrogens with one attached hydrogen (secondary N) is 1. The minimum Gasteiger partial charge on any atom is -0.496 e. The van der Waals surface area contributed by atoms with Crippen LogP contribution in [0.25, 0.3) is 0 Å². The Morgan fingerprint density at radius 3 is 3.00 bits per heavy atom. The van der Waals surface area contributed by atoms with E-state index in [0.717, 1.165) is 12.8 Å². The maximum absolute atomic E-state index is 13.2. The molecule has 1 N–H and O–H groups in total. The van der Waals surface area contributed by atoms with Gasteiger partial charge >= 0.3 is 0 Å². The quantitative estimate of drug-likeness (QED) is 0.830. The van der Waals surface area contributed by atoms with Gasteiger partial charge in [-0.05, 0) is 31.0 Å². The van der Waals surface area contributed by atoms with Crippen LogP contribution in [0.15, 0.2) is 18.2 Å². The highest BCUT2D eigenvalue weighted by atomic mass is 19.1. The predicted octanol–water partition coefficient (Wildman–Crippen LogP) is 1.83. The van der Waals surface area contributed by atoms with Gasteiger partial charge < -0.3 is 10.1 Å². The van der Waals surface area contributed by atoms with E-state index in [4.69, 9.17) is 4.74 Å². The first-order valence-electron chi connectivity index (χ1n) is 5.33. The van der Waals surface area contributed by atoms with Crippen molar-refractivity contribution in [2.24, 2.45) is 0 Å². The number of ether oxygens (including phenoxy) is 1. The van der Waals surface area contributed by atoms with Gasteiger partial charge in [-0.1, -0.05) is 0 Å². The monoisotopic (exact) mass is 223 g/mol. The molecule has 1 unspecified atom stereocenters. The fourth-order valence-corrected chi connectivity index (χ4v) is 2.05. The Bertz CT molecular complexity index is 406. The lowest BCUT2D eigenvalue weighted by Crippen LogP contribution is -2.35. The molecule has 86 valence electrons. The third kappa shape index (κ3) is 2.01. The number of carbonyl (C=O) groups is 1. The summed E-state index contributed by atoms with van der Waals surface area (Å²) in [6.07, 6.45) is 1.65. The van der Waals surface area contributed by atoms with Gasteiger partial charge in [0, 0.05) is 12.1 Å².